The van der Waals surface area contributed by atoms with E-state index in [9.17, 15) is 18.0 Å². The van der Waals surface area contributed by atoms with Crippen LogP contribution in [0.5, 0.6) is 17.2 Å². The molecule has 1 atom stereocenters. The van der Waals surface area contributed by atoms with Gasteiger partial charge in [0.25, 0.3) is 5.91 Å². The van der Waals surface area contributed by atoms with Crippen molar-refractivity contribution in [1.29, 1.82) is 0 Å². The maximum absolute atomic E-state index is 15.0. The molecule has 0 bridgehead atoms. The Morgan fingerprint density at radius 3 is 2.06 bits per heavy atom. The van der Waals surface area contributed by atoms with E-state index in [2.05, 4.69) is 0 Å². The fourth-order valence-corrected chi connectivity index (χ4v) is 8.40. The Hall–Kier alpha value is -6.02. The van der Waals surface area contributed by atoms with Gasteiger partial charge in [0.15, 0.2) is 5.60 Å². The summed E-state index contributed by atoms with van der Waals surface area (Å²) in [6.45, 7) is 5.38. The molecule has 1 aliphatic heterocycles. The van der Waals surface area contributed by atoms with Crippen LogP contribution in [0.3, 0.4) is 0 Å². The van der Waals surface area contributed by atoms with Crippen LogP contribution in [0.15, 0.2) is 115 Å². The van der Waals surface area contributed by atoms with Crippen LogP contribution in [-0.2, 0) is 17.2 Å². The number of anilines is 1. The van der Waals surface area contributed by atoms with Crippen molar-refractivity contribution in [1.82, 2.24) is 0 Å². The molecule has 8 heteroatoms. The molecule has 6 aromatic rings. The first kappa shape index (κ1) is 35.0. The summed E-state index contributed by atoms with van der Waals surface area (Å²) in [7, 11) is 4.82. The molecule has 5 nitrogen and oxygen atoms in total. The number of halogens is 3. The molecule has 0 saturated carbocycles. The van der Waals surface area contributed by atoms with Crippen molar-refractivity contribution in [2.75, 3.05) is 26.2 Å². The van der Waals surface area contributed by atoms with Gasteiger partial charge in [0.1, 0.15) is 17.2 Å². The average molecular weight is 726 g/mol. The Morgan fingerprint density at radius 1 is 0.778 bits per heavy atom. The maximum Gasteiger partial charge on any atom is 0.416 e. The molecular formula is C46H38F3NO4. The summed E-state index contributed by atoms with van der Waals surface area (Å²) in [5.41, 5.74) is 3.06. The monoisotopic (exact) mass is 725 g/mol. The molecule has 1 unspecified atom stereocenters. The fourth-order valence-electron chi connectivity index (χ4n) is 8.40. The molecule has 0 spiro atoms. The topological polar surface area (TPSA) is 48.0 Å². The van der Waals surface area contributed by atoms with Crippen LogP contribution in [0.1, 0.15) is 63.1 Å². The number of ether oxygens (including phenoxy) is 3. The summed E-state index contributed by atoms with van der Waals surface area (Å²) < 4.78 is 63.8. The van der Waals surface area contributed by atoms with Crippen LogP contribution in [0, 0.1) is 6.92 Å². The van der Waals surface area contributed by atoms with Crippen LogP contribution in [-0.4, -0.2) is 27.2 Å². The smallest absolute Gasteiger partial charge is 0.416 e. The standard InChI is InChI=1S/C46H38F3NO4/c1-27-23-35-39-33-25-37(50(4)43(51)28-13-9-7-10-14-28)38(53-6)26-34(33)42-32(41(39)44(2,3)40(35)36(24-27)46(47,48)49)21-22-45(54-42,29-15-11-8-12-16-29)30-17-19-31(52-5)20-18-30/h7-26H,1-6H3. The lowest BCUT2D eigenvalue weighted by atomic mass is 9.75. The van der Waals surface area contributed by atoms with E-state index in [1.165, 1.54) is 18.1 Å². The van der Waals surface area contributed by atoms with E-state index in [0.717, 1.165) is 16.7 Å². The van der Waals surface area contributed by atoms with Crippen molar-refractivity contribution in [2.24, 2.45) is 0 Å². The van der Waals surface area contributed by atoms with Gasteiger partial charge in [-0.1, -0.05) is 86.7 Å². The number of aryl methyl sites for hydroxylation is 1. The first-order chi connectivity index (χ1) is 25.8. The molecule has 0 radical (unpaired) electrons. The van der Waals surface area contributed by atoms with Crippen molar-refractivity contribution >= 4 is 28.4 Å². The van der Waals surface area contributed by atoms with Gasteiger partial charge >= 0.3 is 6.18 Å². The molecule has 1 aliphatic carbocycles. The summed E-state index contributed by atoms with van der Waals surface area (Å²) in [6, 6.07) is 33.2. The summed E-state index contributed by atoms with van der Waals surface area (Å²) in [5, 5.41) is 1.28. The number of hydrogen-bond donors (Lipinski definition) is 0. The highest BCUT2D eigenvalue weighted by atomic mass is 19.4. The number of rotatable bonds is 6. The molecule has 0 fully saturated rings. The summed E-state index contributed by atoms with van der Waals surface area (Å²) >= 11 is 0. The SMILES string of the molecule is COc1ccc(C2(c3ccccc3)C=Cc3c4c(c5cc(N(C)C(=O)c6ccccc6)c(OC)cc5c3O2)-c2cc(C)cc(C(F)(F)F)c2C4(C)C)cc1. The highest BCUT2D eigenvalue weighted by Gasteiger charge is 2.49. The second-order valence-corrected chi connectivity index (χ2v) is 14.4. The number of benzene rings is 6. The second-order valence-electron chi connectivity index (χ2n) is 14.4. The van der Waals surface area contributed by atoms with Crippen LogP contribution < -0.4 is 19.1 Å². The molecule has 272 valence electrons. The van der Waals surface area contributed by atoms with Crippen molar-refractivity contribution in [3.63, 3.8) is 0 Å². The van der Waals surface area contributed by atoms with Gasteiger partial charge in [-0.05, 0) is 88.7 Å². The van der Waals surface area contributed by atoms with E-state index in [1.807, 2.05) is 105 Å². The zero-order valence-corrected chi connectivity index (χ0v) is 30.8. The van der Waals surface area contributed by atoms with Crippen LogP contribution in [0.25, 0.3) is 28.0 Å². The Morgan fingerprint density at radius 2 is 1.43 bits per heavy atom. The molecule has 8 rings (SSSR count). The van der Waals surface area contributed by atoms with Crippen molar-refractivity contribution in [3.8, 4) is 28.4 Å². The van der Waals surface area contributed by atoms with Gasteiger partial charge in [0.05, 0.1) is 25.5 Å². The highest BCUT2D eigenvalue weighted by Crippen LogP contribution is 2.61. The minimum Gasteiger partial charge on any atom is -0.497 e. The van der Waals surface area contributed by atoms with Crippen LogP contribution in [0.4, 0.5) is 18.9 Å². The van der Waals surface area contributed by atoms with E-state index in [4.69, 9.17) is 14.2 Å². The van der Waals surface area contributed by atoms with Gasteiger partial charge in [0.2, 0.25) is 0 Å². The van der Waals surface area contributed by atoms with E-state index >= 15 is 0 Å². The normalized spacial score (nSPS) is 16.6. The predicted octanol–water partition coefficient (Wildman–Crippen LogP) is 11.1. The molecule has 1 heterocycles. The maximum atomic E-state index is 15.0. The highest BCUT2D eigenvalue weighted by molar-refractivity contribution is 6.13. The first-order valence-corrected chi connectivity index (χ1v) is 17.7. The zero-order valence-electron chi connectivity index (χ0n) is 30.8. The number of nitrogens with zero attached hydrogens (tertiary/aromatic N) is 1. The minimum absolute atomic E-state index is 0.208. The quantitative estimate of drug-likeness (QED) is 0.172. The van der Waals surface area contributed by atoms with Crippen LogP contribution >= 0.6 is 0 Å². The van der Waals surface area contributed by atoms with E-state index in [0.29, 0.717) is 61.5 Å². The molecule has 0 saturated heterocycles. The number of carbonyl (C=O) groups excluding carboxylic acids is 1. The minimum atomic E-state index is -4.59. The zero-order chi connectivity index (χ0) is 38.2. The average Bonchev–Trinajstić information content (AvgIpc) is 3.42. The Kier molecular flexibility index (Phi) is 8.14. The summed E-state index contributed by atoms with van der Waals surface area (Å²) in [4.78, 5) is 15.4. The predicted molar refractivity (Wildman–Crippen MR) is 207 cm³/mol. The molecule has 6 aromatic carbocycles. The summed E-state index contributed by atoms with van der Waals surface area (Å²) in [6.07, 6.45) is -0.607. The number of fused-ring (bicyclic) bond motifs is 8. The van der Waals surface area contributed by atoms with Crippen molar-refractivity contribution in [2.45, 2.75) is 38.0 Å². The third kappa shape index (κ3) is 5.26. The fraction of sp³-hybridized carbons (Fsp3) is 0.196. The third-order valence-electron chi connectivity index (χ3n) is 10.9. The molecule has 0 aromatic heterocycles. The first-order valence-electron chi connectivity index (χ1n) is 17.7. The van der Waals surface area contributed by atoms with Gasteiger partial charge in [-0.3, -0.25) is 4.79 Å². The van der Waals surface area contributed by atoms with Crippen molar-refractivity contribution < 1.29 is 32.2 Å². The van der Waals surface area contributed by atoms with E-state index < -0.39 is 22.8 Å². The van der Waals surface area contributed by atoms with Gasteiger partial charge < -0.3 is 19.1 Å². The number of hydrogen-bond acceptors (Lipinski definition) is 4. The van der Waals surface area contributed by atoms with Crippen molar-refractivity contribution in [3.05, 3.63) is 160 Å². The molecule has 2 aliphatic rings. The van der Waals surface area contributed by atoms with Gasteiger partial charge in [-0.25, -0.2) is 0 Å². The van der Waals surface area contributed by atoms with E-state index in [-0.39, 0.29) is 11.5 Å². The number of amides is 1. The van der Waals surface area contributed by atoms with Gasteiger partial charge in [-0.2, -0.15) is 13.2 Å². The largest absolute Gasteiger partial charge is 0.497 e. The molecule has 1 amide bonds. The number of alkyl halides is 3. The number of methoxy groups -OCH3 is 2. The molecule has 0 N–H and O–H groups in total. The van der Waals surface area contributed by atoms with Crippen LogP contribution in [0.2, 0.25) is 0 Å². The number of carbonyl (C=O) groups is 1. The van der Waals surface area contributed by atoms with Gasteiger partial charge in [-0.15, -0.1) is 0 Å². The Labute approximate surface area is 312 Å². The van der Waals surface area contributed by atoms with Gasteiger partial charge in [0, 0.05) is 40.1 Å². The van der Waals surface area contributed by atoms with E-state index in [1.54, 1.807) is 45.3 Å². The molecule has 54 heavy (non-hydrogen) atoms. The Balaban J connectivity index is 1.48. The third-order valence-corrected chi connectivity index (χ3v) is 10.9. The second kappa shape index (κ2) is 12.5. The molecular weight excluding hydrogens is 688 g/mol. The lowest BCUT2D eigenvalue weighted by Crippen LogP contribution is -2.35. The lowest BCUT2D eigenvalue weighted by molar-refractivity contribution is -0.138. The lowest BCUT2D eigenvalue weighted by Gasteiger charge is -2.38. The Bertz CT molecular complexity index is 2490. The summed E-state index contributed by atoms with van der Waals surface area (Å²) in [5.74, 6) is 1.33.